The number of aryl methyl sites for hydroxylation is 3. The maximum atomic E-state index is 12.6. The van der Waals surface area contributed by atoms with Gasteiger partial charge in [0.1, 0.15) is 6.33 Å². The van der Waals surface area contributed by atoms with E-state index in [1.54, 1.807) is 23.9 Å². The Morgan fingerprint density at radius 3 is 2.97 bits per heavy atom. The van der Waals surface area contributed by atoms with Crippen molar-refractivity contribution >= 4 is 28.3 Å². The van der Waals surface area contributed by atoms with Crippen LogP contribution in [0.15, 0.2) is 36.9 Å². The van der Waals surface area contributed by atoms with Crippen LogP contribution in [0.3, 0.4) is 0 Å². The first-order valence-corrected chi connectivity index (χ1v) is 10.6. The highest BCUT2D eigenvalue weighted by molar-refractivity contribution is 7.14. The number of amides is 1. The van der Waals surface area contributed by atoms with E-state index in [0.717, 1.165) is 51.3 Å². The van der Waals surface area contributed by atoms with Crippen molar-refractivity contribution in [1.82, 2.24) is 25.3 Å². The van der Waals surface area contributed by atoms with Crippen molar-refractivity contribution in [1.29, 1.82) is 0 Å². The number of nitrogens with one attached hydrogen (secondary N) is 2. The van der Waals surface area contributed by atoms with Gasteiger partial charge in [0, 0.05) is 22.8 Å². The van der Waals surface area contributed by atoms with Gasteiger partial charge in [-0.15, -0.1) is 11.3 Å². The van der Waals surface area contributed by atoms with Gasteiger partial charge < -0.3 is 10.3 Å². The number of aromatic amines is 1. The van der Waals surface area contributed by atoms with Gasteiger partial charge in [-0.2, -0.15) is 0 Å². The second kappa shape index (κ2) is 7.40. The van der Waals surface area contributed by atoms with Crippen LogP contribution in [-0.4, -0.2) is 25.8 Å². The van der Waals surface area contributed by atoms with Crippen molar-refractivity contribution in [3.63, 3.8) is 0 Å². The molecule has 0 bridgehead atoms. The summed E-state index contributed by atoms with van der Waals surface area (Å²) in [6.45, 7) is 2.42. The minimum Gasteiger partial charge on any atom is -0.358 e. The SMILES string of the molecule is Cc1cc(-c2ncnc3cc[nH]c23)cnc1CNC(=O)c1cc2c(s1)CCCC2. The van der Waals surface area contributed by atoms with E-state index in [-0.39, 0.29) is 5.91 Å². The van der Waals surface area contributed by atoms with E-state index in [0.29, 0.717) is 6.54 Å². The third kappa shape index (κ3) is 3.42. The number of pyridine rings is 1. The molecular formula is C22H21N5OS. The van der Waals surface area contributed by atoms with Crippen LogP contribution in [0.5, 0.6) is 0 Å². The molecule has 4 aromatic heterocycles. The molecule has 1 amide bonds. The Morgan fingerprint density at radius 1 is 1.21 bits per heavy atom. The zero-order valence-electron chi connectivity index (χ0n) is 16.2. The monoisotopic (exact) mass is 403 g/mol. The lowest BCUT2D eigenvalue weighted by molar-refractivity contribution is 0.0954. The fourth-order valence-corrected chi connectivity index (χ4v) is 5.03. The van der Waals surface area contributed by atoms with Gasteiger partial charge in [0.25, 0.3) is 5.91 Å². The Balaban J connectivity index is 1.33. The lowest BCUT2D eigenvalue weighted by atomic mass is 9.99. The number of fused-ring (bicyclic) bond motifs is 2. The largest absolute Gasteiger partial charge is 0.358 e. The fraction of sp³-hybridized carbons (Fsp3) is 0.273. The number of aromatic nitrogens is 4. The van der Waals surface area contributed by atoms with E-state index in [1.165, 1.54) is 23.3 Å². The smallest absolute Gasteiger partial charge is 0.261 e. The molecule has 1 aliphatic rings. The number of rotatable bonds is 4. The van der Waals surface area contributed by atoms with Crippen LogP contribution in [0.2, 0.25) is 0 Å². The van der Waals surface area contributed by atoms with Crippen LogP contribution >= 0.6 is 11.3 Å². The Bertz CT molecular complexity index is 1190. The quantitative estimate of drug-likeness (QED) is 0.535. The van der Waals surface area contributed by atoms with Gasteiger partial charge in [-0.25, -0.2) is 9.97 Å². The molecule has 0 saturated carbocycles. The first kappa shape index (κ1) is 18.0. The van der Waals surface area contributed by atoms with Gasteiger partial charge in [0.05, 0.1) is 33.8 Å². The first-order valence-electron chi connectivity index (χ1n) is 9.83. The van der Waals surface area contributed by atoms with Crippen LogP contribution < -0.4 is 5.32 Å². The molecule has 6 nitrogen and oxygen atoms in total. The predicted molar refractivity (Wildman–Crippen MR) is 114 cm³/mol. The van der Waals surface area contributed by atoms with Crippen molar-refractivity contribution in [3.8, 4) is 11.3 Å². The summed E-state index contributed by atoms with van der Waals surface area (Å²) in [5.74, 6) is -0.0152. The normalized spacial score (nSPS) is 13.4. The molecule has 0 radical (unpaired) electrons. The van der Waals surface area contributed by atoms with E-state index in [9.17, 15) is 4.79 Å². The number of hydrogen-bond acceptors (Lipinski definition) is 5. The van der Waals surface area contributed by atoms with Crippen LogP contribution in [0.25, 0.3) is 22.3 Å². The summed E-state index contributed by atoms with van der Waals surface area (Å²) in [5.41, 5.74) is 6.77. The molecule has 2 N–H and O–H groups in total. The van der Waals surface area contributed by atoms with Gasteiger partial charge >= 0.3 is 0 Å². The molecule has 5 rings (SSSR count). The highest BCUT2D eigenvalue weighted by Crippen LogP contribution is 2.30. The number of nitrogens with zero attached hydrogens (tertiary/aromatic N) is 3. The lowest BCUT2D eigenvalue weighted by Crippen LogP contribution is -2.23. The van der Waals surface area contributed by atoms with Gasteiger partial charge in [-0.3, -0.25) is 9.78 Å². The Labute approximate surface area is 172 Å². The standard InChI is InChI=1S/C22H21N5OS/c1-13-8-15(20-21-16(6-7-23-21)26-12-27-20)10-24-17(13)11-25-22(28)19-9-14-4-2-3-5-18(14)29-19/h6-10,12,23H,2-5,11H2,1H3,(H,25,28). The summed E-state index contributed by atoms with van der Waals surface area (Å²) >= 11 is 1.63. The molecule has 0 saturated heterocycles. The predicted octanol–water partition coefficient (Wildman–Crippen LogP) is 4.20. The zero-order chi connectivity index (χ0) is 19.8. The number of carbonyl (C=O) groups excluding carboxylic acids is 1. The van der Waals surface area contributed by atoms with Crippen molar-refractivity contribution < 1.29 is 4.79 Å². The maximum Gasteiger partial charge on any atom is 0.261 e. The van der Waals surface area contributed by atoms with Crippen molar-refractivity contribution in [2.45, 2.75) is 39.2 Å². The van der Waals surface area contributed by atoms with E-state index in [4.69, 9.17) is 0 Å². The highest BCUT2D eigenvalue weighted by Gasteiger charge is 2.17. The van der Waals surface area contributed by atoms with Crippen LogP contribution in [0, 0.1) is 6.92 Å². The van der Waals surface area contributed by atoms with Crippen LogP contribution in [0.1, 0.15) is 44.2 Å². The molecule has 1 aliphatic carbocycles. The second-order valence-electron chi connectivity index (χ2n) is 7.40. The Kier molecular flexibility index (Phi) is 4.60. The molecule has 4 heterocycles. The van der Waals surface area contributed by atoms with E-state index >= 15 is 0 Å². The highest BCUT2D eigenvalue weighted by atomic mass is 32.1. The maximum absolute atomic E-state index is 12.6. The van der Waals surface area contributed by atoms with Crippen LogP contribution in [-0.2, 0) is 19.4 Å². The van der Waals surface area contributed by atoms with Crippen molar-refractivity contribution in [3.05, 3.63) is 63.5 Å². The first-order chi connectivity index (χ1) is 14.2. The number of H-pyrrole nitrogens is 1. The number of hydrogen-bond donors (Lipinski definition) is 2. The lowest BCUT2D eigenvalue weighted by Gasteiger charge is -2.09. The van der Waals surface area contributed by atoms with E-state index in [2.05, 4.69) is 37.4 Å². The minimum absolute atomic E-state index is 0.0152. The molecule has 7 heteroatoms. The van der Waals surface area contributed by atoms with E-state index in [1.807, 2.05) is 19.2 Å². The third-order valence-corrected chi connectivity index (χ3v) is 6.68. The Hall–Kier alpha value is -3.06. The van der Waals surface area contributed by atoms with Gasteiger partial charge in [0.2, 0.25) is 0 Å². The molecule has 0 atom stereocenters. The summed E-state index contributed by atoms with van der Waals surface area (Å²) in [7, 11) is 0. The molecular weight excluding hydrogens is 382 g/mol. The third-order valence-electron chi connectivity index (χ3n) is 5.44. The second-order valence-corrected chi connectivity index (χ2v) is 8.53. The van der Waals surface area contributed by atoms with E-state index < -0.39 is 0 Å². The van der Waals surface area contributed by atoms with Crippen molar-refractivity contribution in [2.24, 2.45) is 0 Å². The molecule has 4 aromatic rings. The number of carbonyl (C=O) groups is 1. The molecule has 146 valence electrons. The van der Waals surface area contributed by atoms with Crippen molar-refractivity contribution in [2.75, 3.05) is 0 Å². The minimum atomic E-state index is -0.0152. The van der Waals surface area contributed by atoms with Crippen LogP contribution in [0.4, 0.5) is 0 Å². The summed E-state index contributed by atoms with van der Waals surface area (Å²) in [5, 5.41) is 3.03. The Morgan fingerprint density at radius 2 is 2.10 bits per heavy atom. The topological polar surface area (TPSA) is 83.6 Å². The fourth-order valence-electron chi connectivity index (χ4n) is 3.86. The summed E-state index contributed by atoms with van der Waals surface area (Å²) in [6.07, 6.45) is 9.88. The summed E-state index contributed by atoms with van der Waals surface area (Å²) in [6, 6.07) is 6.04. The van der Waals surface area contributed by atoms with Gasteiger partial charge in [-0.05, 0) is 61.9 Å². The molecule has 0 unspecified atom stereocenters. The molecule has 0 spiro atoms. The number of thiophene rings is 1. The zero-order valence-corrected chi connectivity index (χ0v) is 17.0. The summed E-state index contributed by atoms with van der Waals surface area (Å²) in [4.78, 5) is 31.2. The molecule has 29 heavy (non-hydrogen) atoms. The molecule has 0 fully saturated rings. The average molecular weight is 404 g/mol. The average Bonchev–Trinajstić information content (AvgIpc) is 3.39. The van der Waals surface area contributed by atoms with Gasteiger partial charge in [-0.1, -0.05) is 0 Å². The molecule has 0 aliphatic heterocycles. The molecule has 0 aromatic carbocycles. The summed E-state index contributed by atoms with van der Waals surface area (Å²) < 4.78 is 0. The van der Waals surface area contributed by atoms with Gasteiger partial charge in [0.15, 0.2) is 0 Å².